The molecule has 0 spiro atoms. The molecule has 18 heavy (non-hydrogen) atoms. The highest BCUT2D eigenvalue weighted by atomic mass is 16.4. The van der Waals surface area contributed by atoms with Gasteiger partial charge in [-0.25, -0.2) is 4.79 Å². The summed E-state index contributed by atoms with van der Waals surface area (Å²) in [4.78, 5) is 12.4. The Bertz CT molecular complexity index is 568. The molecule has 1 N–H and O–H groups in total. The van der Waals surface area contributed by atoms with Crippen molar-refractivity contribution in [1.82, 2.24) is 9.47 Å². The van der Waals surface area contributed by atoms with Crippen molar-refractivity contribution < 1.29 is 9.90 Å². The summed E-state index contributed by atoms with van der Waals surface area (Å²) >= 11 is 0. The number of rotatable bonds is 1. The number of carboxylic acid groups (broad SMARTS) is 1. The average molecular weight is 244 g/mol. The molecule has 94 valence electrons. The first-order chi connectivity index (χ1) is 8.75. The molecule has 1 amide bonds. The van der Waals surface area contributed by atoms with Crippen LogP contribution in [0.1, 0.15) is 18.9 Å². The van der Waals surface area contributed by atoms with Gasteiger partial charge in [-0.2, -0.15) is 0 Å². The predicted octanol–water partition coefficient (Wildman–Crippen LogP) is 2.96. The van der Waals surface area contributed by atoms with E-state index in [1.54, 1.807) is 0 Å². The summed E-state index contributed by atoms with van der Waals surface area (Å²) in [5.41, 5.74) is 1.24. The summed E-state index contributed by atoms with van der Waals surface area (Å²) in [7, 11) is 0. The van der Waals surface area contributed by atoms with Crippen molar-refractivity contribution in [2.45, 2.75) is 18.9 Å². The highest BCUT2D eigenvalue weighted by Crippen LogP contribution is 2.27. The monoisotopic (exact) mass is 244 g/mol. The second-order valence-electron chi connectivity index (χ2n) is 4.78. The van der Waals surface area contributed by atoms with Gasteiger partial charge in [-0.05, 0) is 30.4 Å². The predicted molar refractivity (Wildman–Crippen MR) is 69.8 cm³/mol. The average Bonchev–Trinajstić information content (AvgIpc) is 2.82. The van der Waals surface area contributed by atoms with Gasteiger partial charge in [0.05, 0.1) is 0 Å². The van der Waals surface area contributed by atoms with Gasteiger partial charge in [0.2, 0.25) is 0 Å². The molecular formula is C14H16N2O2. The minimum absolute atomic E-state index is 0.417. The molecule has 0 saturated carbocycles. The van der Waals surface area contributed by atoms with Crippen LogP contribution in [0.4, 0.5) is 4.79 Å². The van der Waals surface area contributed by atoms with E-state index < -0.39 is 6.09 Å². The van der Waals surface area contributed by atoms with Crippen LogP contribution in [-0.4, -0.2) is 33.8 Å². The van der Waals surface area contributed by atoms with Crippen LogP contribution in [0.25, 0.3) is 10.9 Å². The second kappa shape index (κ2) is 4.37. The molecule has 2 aromatic rings. The zero-order valence-corrected chi connectivity index (χ0v) is 10.1. The molecule has 1 aliphatic rings. The fourth-order valence-corrected chi connectivity index (χ4v) is 2.76. The van der Waals surface area contributed by atoms with Crippen LogP contribution in [0.3, 0.4) is 0 Å². The standard InChI is InChI=1S/C14H16N2O2/c17-14(18)15-8-6-12(7-9-15)16-10-5-11-3-1-2-4-13(11)16/h1-5,10,12H,6-9H2,(H,17,18). The number of hydrogen-bond acceptors (Lipinski definition) is 1. The van der Waals surface area contributed by atoms with E-state index in [1.165, 1.54) is 15.8 Å². The van der Waals surface area contributed by atoms with E-state index in [0.717, 1.165) is 12.8 Å². The Labute approximate surface area is 105 Å². The maximum Gasteiger partial charge on any atom is 0.407 e. The van der Waals surface area contributed by atoms with Crippen LogP contribution < -0.4 is 0 Å². The summed E-state index contributed by atoms with van der Waals surface area (Å²) in [6.45, 7) is 1.26. The van der Waals surface area contributed by atoms with Crippen LogP contribution in [0.15, 0.2) is 36.5 Å². The molecule has 2 heterocycles. The summed E-state index contributed by atoms with van der Waals surface area (Å²) in [6, 6.07) is 10.9. The lowest BCUT2D eigenvalue weighted by atomic mass is 10.1. The Balaban J connectivity index is 1.82. The fourth-order valence-electron chi connectivity index (χ4n) is 2.76. The molecule has 1 saturated heterocycles. The second-order valence-corrected chi connectivity index (χ2v) is 4.78. The molecule has 4 heteroatoms. The van der Waals surface area contributed by atoms with Crippen LogP contribution in [0, 0.1) is 0 Å². The number of fused-ring (bicyclic) bond motifs is 1. The van der Waals surface area contributed by atoms with Crippen molar-refractivity contribution in [3.05, 3.63) is 36.5 Å². The first-order valence-electron chi connectivity index (χ1n) is 6.29. The van der Waals surface area contributed by atoms with Gasteiger partial charge < -0.3 is 14.6 Å². The number of aromatic nitrogens is 1. The van der Waals surface area contributed by atoms with Crippen molar-refractivity contribution in [2.75, 3.05) is 13.1 Å². The third kappa shape index (κ3) is 1.83. The molecule has 1 aliphatic heterocycles. The van der Waals surface area contributed by atoms with Gasteiger partial charge in [0.1, 0.15) is 0 Å². The summed E-state index contributed by atoms with van der Waals surface area (Å²) < 4.78 is 2.29. The van der Waals surface area contributed by atoms with Crippen LogP contribution in [-0.2, 0) is 0 Å². The molecule has 0 unspecified atom stereocenters. The number of amides is 1. The van der Waals surface area contributed by atoms with E-state index >= 15 is 0 Å². The van der Waals surface area contributed by atoms with E-state index in [9.17, 15) is 4.79 Å². The number of benzene rings is 1. The lowest BCUT2D eigenvalue weighted by Crippen LogP contribution is -2.37. The normalized spacial score (nSPS) is 17.2. The minimum atomic E-state index is -0.800. The topological polar surface area (TPSA) is 45.5 Å². The van der Waals surface area contributed by atoms with Gasteiger partial charge in [-0.15, -0.1) is 0 Å². The summed E-state index contributed by atoms with van der Waals surface area (Å²) in [5.74, 6) is 0. The molecule has 0 aliphatic carbocycles. The van der Waals surface area contributed by atoms with Gasteiger partial charge in [0, 0.05) is 30.8 Å². The van der Waals surface area contributed by atoms with Crippen molar-refractivity contribution in [1.29, 1.82) is 0 Å². The van der Waals surface area contributed by atoms with Crippen molar-refractivity contribution in [3.63, 3.8) is 0 Å². The van der Waals surface area contributed by atoms with E-state index in [-0.39, 0.29) is 0 Å². The molecule has 4 nitrogen and oxygen atoms in total. The largest absolute Gasteiger partial charge is 0.465 e. The molecule has 0 atom stereocenters. The van der Waals surface area contributed by atoms with Gasteiger partial charge >= 0.3 is 6.09 Å². The lowest BCUT2D eigenvalue weighted by Gasteiger charge is -2.31. The molecule has 1 fully saturated rings. The maximum atomic E-state index is 10.9. The third-order valence-electron chi connectivity index (χ3n) is 3.76. The van der Waals surface area contributed by atoms with Gasteiger partial charge in [-0.1, -0.05) is 18.2 Å². The van der Waals surface area contributed by atoms with Crippen LogP contribution >= 0.6 is 0 Å². The van der Waals surface area contributed by atoms with E-state index in [1.807, 2.05) is 12.1 Å². The Kier molecular flexibility index (Phi) is 2.70. The molecule has 0 radical (unpaired) electrons. The number of piperidine rings is 1. The fraction of sp³-hybridized carbons (Fsp3) is 0.357. The van der Waals surface area contributed by atoms with Gasteiger partial charge in [0.25, 0.3) is 0 Å². The SMILES string of the molecule is O=C(O)N1CCC(n2ccc3ccccc32)CC1. The summed E-state index contributed by atoms with van der Waals surface area (Å²) in [5, 5.41) is 10.2. The highest BCUT2D eigenvalue weighted by molar-refractivity contribution is 5.80. The van der Waals surface area contributed by atoms with Crippen LogP contribution in [0.5, 0.6) is 0 Å². The molecular weight excluding hydrogens is 228 g/mol. The van der Waals surface area contributed by atoms with E-state index in [4.69, 9.17) is 5.11 Å². The Morgan fingerprint density at radius 3 is 2.61 bits per heavy atom. The number of hydrogen-bond donors (Lipinski definition) is 1. The zero-order valence-electron chi connectivity index (χ0n) is 10.1. The van der Waals surface area contributed by atoms with E-state index in [0.29, 0.717) is 19.1 Å². The third-order valence-corrected chi connectivity index (χ3v) is 3.76. The molecule has 0 bridgehead atoms. The Morgan fingerprint density at radius 2 is 1.89 bits per heavy atom. The Morgan fingerprint density at radius 1 is 1.17 bits per heavy atom. The quantitative estimate of drug-likeness (QED) is 0.838. The summed E-state index contributed by atoms with van der Waals surface area (Å²) in [6.07, 6.45) is 3.10. The lowest BCUT2D eigenvalue weighted by molar-refractivity contribution is 0.126. The number of likely N-dealkylation sites (tertiary alicyclic amines) is 1. The van der Waals surface area contributed by atoms with Gasteiger partial charge in [-0.3, -0.25) is 0 Å². The first kappa shape index (κ1) is 11.1. The van der Waals surface area contributed by atoms with E-state index in [2.05, 4.69) is 29.0 Å². The van der Waals surface area contributed by atoms with Crippen molar-refractivity contribution in [2.24, 2.45) is 0 Å². The Hall–Kier alpha value is -1.97. The molecule has 1 aromatic heterocycles. The molecule has 1 aromatic carbocycles. The van der Waals surface area contributed by atoms with Gasteiger partial charge in [0.15, 0.2) is 0 Å². The maximum absolute atomic E-state index is 10.9. The minimum Gasteiger partial charge on any atom is -0.465 e. The van der Waals surface area contributed by atoms with Crippen molar-refractivity contribution >= 4 is 17.0 Å². The first-order valence-corrected chi connectivity index (χ1v) is 6.29. The number of para-hydroxylation sites is 1. The number of carbonyl (C=O) groups is 1. The van der Waals surface area contributed by atoms with Crippen LogP contribution in [0.2, 0.25) is 0 Å². The smallest absolute Gasteiger partial charge is 0.407 e. The highest BCUT2D eigenvalue weighted by Gasteiger charge is 2.23. The number of nitrogens with zero attached hydrogens (tertiary/aromatic N) is 2. The molecule has 3 rings (SSSR count). The zero-order chi connectivity index (χ0) is 12.5. The van der Waals surface area contributed by atoms with Crippen molar-refractivity contribution in [3.8, 4) is 0 Å².